The average Bonchev–Trinajstić information content (AvgIpc) is 2.34. The molecule has 2 aliphatic carbocycles. The van der Waals surface area contributed by atoms with Crippen LogP contribution in [0, 0.1) is 11.8 Å². The molecular weight excluding hydrogens is 136 g/mol. The zero-order valence-corrected chi connectivity index (χ0v) is 6.92. The van der Waals surface area contributed by atoms with E-state index in [1.807, 2.05) is 0 Å². The van der Waals surface area contributed by atoms with Crippen molar-refractivity contribution in [1.29, 1.82) is 0 Å². The van der Waals surface area contributed by atoms with Gasteiger partial charge in [0.05, 0.1) is 6.10 Å². The third-order valence-electron chi connectivity index (χ3n) is 2.77. The van der Waals surface area contributed by atoms with Crippen molar-refractivity contribution in [2.45, 2.75) is 18.9 Å². The standard InChI is InChI=1S/C10H14O/c1-7-5-8-3-4-9(6-8)10(7)11-2/h3-4,8-10H,1,5-6H2,2H3/t8-,9-,10+/m1/s1. The molecule has 1 heteroatoms. The lowest BCUT2D eigenvalue weighted by molar-refractivity contribution is 0.0787. The number of fused-ring (bicyclic) bond motifs is 2. The maximum atomic E-state index is 5.38. The molecule has 0 aromatic heterocycles. The van der Waals surface area contributed by atoms with Crippen LogP contribution in [0.4, 0.5) is 0 Å². The van der Waals surface area contributed by atoms with Gasteiger partial charge in [-0.05, 0) is 24.3 Å². The van der Waals surface area contributed by atoms with Crippen LogP contribution in [0.1, 0.15) is 12.8 Å². The highest BCUT2D eigenvalue weighted by Crippen LogP contribution is 2.40. The third kappa shape index (κ3) is 1.04. The number of rotatable bonds is 1. The Morgan fingerprint density at radius 1 is 1.55 bits per heavy atom. The van der Waals surface area contributed by atoms with Crippen molar-refractivity contribution < 1.29 is 4.74 Å². The first-order valence-corrected chi connectivity index (χ1v) is 4.20. The van der Waals surface area contributed by atoms with Crippen LogP contribution in [0.25, 0.3) is 0 Å². The van der Waals surface area contributed by atoms with E-state index in [0.717, 1.165) is 12.3 Å². The van der Waals surface area contributed by atoms with Crippen molar-refractivity contribution in [3.63, 3.8) is 0 Å². The van der Waals surface area contributed by atoms with Crippen molar-refractivity contribution in [2.75, 3.05) is 7.11 Å². The fraction of sp³-hybridized carbons (Fsp3) is 0.600. The quantitative estimate of drug-likeness (QED) is 0.520. The van der Waals surface area contributed by atoms with Gasteiger partial charge in [-0.2, -0.15) is 0 Å². The van der Waals surface area contributed by atoms with Gasteiger partial charge in [0.25, 0.3) is 0 Å². The van der Waals surface area contributed by atoms with Crippen LogP contribution in [0.5, 0.6) is 0 Å². The Kier molecular flexibility index (Phi) is 1.61. The molecule has 0 aromatic carbocycles. The molecule has 1 fully saturated rings. The highest BCUT2D eigenvalue weighted by Gasteiger charge is 2.34. The number of hydrogen-bond acceptors (Lipinski definition) is 1. The molecule has 0 radical (unpaired) electrons. The summed E-state index contributed by atoms with van der Waals surface area (Å²) in [7, 11) is 1.78. The molecule has 11 heavy (non-hydrogen) atoms. The lowest BCUT2D eigenvalue weighted by Gasteiger charge is -2.29. The Morgan fingerprint density at radius 2 is 2.36 bits per heavy atom. The maximum absolute atomic E-state index is 5.38. The summed E-state index contributed by atoms with van der Waals surface area (Å²) >= 11 is 0. The summed E-state index contributed by atoms with van der Waals surface area (Å²) in [6.45, 7) is 4.04. The van der Waals surface area contributed by atoms with Crippen molar-refractivity contribution in [3.8, 4) is 0 Å². The highest BCUT2D eigenvalue weighted by molar-refractivity contribution is 5.21. The summed E-state index contributed by atoms with van der Waals surface area (Å²) in [5.74, 6) is 1.38. The molecule has 2 bridgehead atoms. The van der Waals surface area contributed by atoms with Crippen LogP contribution >= 0.6 is 0 Å². The largest absolute Gasteiger partial charge is 0.377 e. The second kappa shape index (κ2) is 2.49. The molecular formula is C10H14O. The van der Waals surface area contributed by atoms with Gasteiger partial charge in [-0.25, -0.2) is 0 Å². The Morgan fingerprint density at radius 3 is 3.09 bits per heavy atom. The Balaban J connectivity index is 2.19. The van der Waals surface area contributed by atoms with Gasteiger partial charge in [0.2, 0.25) is 0 Å². The summed E-state index contributed by atoms with van der Waals surface area (Å²) in [4.78, 5) is 0. The average molecular weight is 150 g/mol. The van der Waals surface area contributed by atoms with E-state index in [2.05, 4.69) is 18.7 Å². The Labute approximate surface area is 67.7 Å². The van der Waals surface area contributed by atoms with Gasteiger partial charge in [0, 0.05) is 13.0 Å². The lowest BCUT2D eigenvalue weighted by Crippen LogP contribution is -2.27. The molecule has 0 heterocycles. The van der Waals surface area contributed by atoms with E-state index in [9.17, 15) is 0 Å². The molecule has 1 nitrogen and oxygen atoms in total. The summed E-state index contributed by atoms with van der Waals surface area (Å²) in [6, 6.07) is 0. The highest BCUT2D eigenvalue weighted by atomic mass is 16.5. The molecule has 0 N–H and O–H groups in total. The molecule has 60 valence electrons. The zero-order valence-electron chi connectivity index (χ0n) is 6.92. The minimum Gasteiger partial charge on any atom is -0.377 e. The van der Waals surface area contributed by atoms with E-state index in [1.165, 1.54) is 12.0 Å². The first-order chi connectivity index (χ1) is 5.31. The number of allylic oxidation sites excluding steroid dienone is 1. The molecule has 3 atom stereocenters. The van der Waals surface area contributed by atoms with Crippen molar-refractivity contribution >= 4 is 0 Å². The van der Waals surface area contributed by atoms with Crippen LogP contribution in [-0.2, 0) is 4.74 Å². The van der Waals surface area contributed by atoms with Crippen LogP contribution in [0.2, 0.25) is 0 Å². The number of methoxy groups -OCH3 is 1. The predicted octanol–water partition coefficient (Wildman–Crippen LogP) is 2.15. The molecule has 0 spiro atoms. The Bertz CT molecular complexity index is 205. The normalized spacial score (nSPS) is 41.5. The van der Waals surface area contributed by atoms with E-state index in [1.54, 1.807) is 7.11 Å². The van der Waals surface area contributed by atoms with E-state index in [-0.39, 0.29) is 0 Å². The molecule has 2 rings (SSSR count). The fourth-order valence-corrected chi connectivity index (χ4v) is 2.28. The topological polar surface area (TPSA) is 9.23 Å². The van der Waals surface area contributed by atoms with Gasteiger partial charge in [0.15, 0.2) is 0 Å². The zero-order chi connectivity index (χ0) is 7.84. The van der Waals surface area contributed by atoms with Crippen molar-refractivity contribution in [1.82, 2.24) is 0 Å². The molecule has 0 saturated heterocycles. The Hall–Kier alpha value is -0.560. The van der Waals surface area contributed by atoms with E-state index in [4.69, 9.17) is 4.74 Å². The molecule has 0 amide bonds. The first-order valence-electron chi connectivity index (χ1n) is 4.20. The number of hydrogen-bond donors (Lipinski definition) is 0. The van der Waals surface area contributed by atoms with Crippen LogP contribution in [-0.4, -0.2) is 13.2 Å². The minimum absolute atomic E-state index is 0.296. The van der Waals surface area contributed by atoms with E-state index in [0.29, 0.717) is 12.0 Å². The molecule has 1 saturated carbocycles. The summed E-state index contributed by atoms with van der Waals surface area (Å²) in [5, 5.41) is 0. The first kappa shape index (κ1) is 7.11. The van der Waals surface area contributed by atoms with Crippen LogP contribution < -0.4 is 0 Å². The smallest absolute Gasteiger partial charge is 0.0841 e. The second-order valence-electron chi connectivity index (χ2n) is 3.56. The van der Waals surface area contributed by atoms with Gasteiger partial charge in [-0.15, -0.1) is 0 Å². The minimum atomic E-state index is 0.296. The summed E-state index contributed by atoms with van der Waals surface area (Å²) < 4.78 is 5.38. The molecule has 0 aromatic rings. The van der Waals surface area contributed by atoms with E-state index < -0.39 is 0 Å². The van der Waals surface area contributed by atoms with Gasteiger partial charge in [0.1, 0.15) is 0 Å². The lowest BCUT2D eigenvalue weighted by atomic mass is 9.82. The SMILES string of the molecule is C=C1C[C@H]2C=C[C@H](C2)[C@H]1OC. The predicted molar refractivity (Wildman–Crippen MR) is 45.3 cm³/mol. The van der Waals surface area contributed by atoms with Crippen molar-refractivity contribution in [3.05, 3.63) is 24.3 Å². The van der Waals surface area contributed by atoms with Crippen molar-refractivity contribution in [2.24, 2.45) is 11.8 Å². The van der Waals surface area contributed by atoms with Gasteiger partial charge in [-0.1, -0.05) is 18.7 Å². The van der Waals surface area contributed by atoms with Gasteiger partial charge < -0.3 is 4.74 Å². The fourth-order valence-electron chi connectivity index (χ4n) is 2.28. The summed E-state index contributed by atoms with van der Waals surface area (Å²) in [6.07, 6.45) is 7.31. The molecule has 0 aliphatic heterocycles. The second-order valence-corrected chi connectivity index (χ2v) is 3.56. The van der Waals surface area contributed by atoms with Gasteiger partial charge >= 0.3 is 0 Å². The molecule has 2 aliphatic rings. The maximum Gasteiger partial charge on any atom is 0.0841 e. The molecule has 0 unspecified atom stereocenters. The third-order valence-corrected chi connectivity index (χ3v) is 2.77. The van der Waals surface area contributed by atoms with Crippen LogP contribution in [0.3, 0.4) is 0 Å². The monoisotopic (exact) mass is 150 g/mol. The van der Waals surface area contributed by atoms with Gasteiger partial charge in [-0.3, -0.25) is 0 Å². The number of ether oxygens (including phenoxy) is 1. The summed E-state index contributed by atoms with van der Waals surface area (Å²) in [5.41, 5.74) is 1.28. The van der Waals surface area contributed by atoms with Crippen LogP contribution in [0.15, 0.2) is 24.3 Å². The van der Waals surface area contributed by atoms with E-state index >= 15 is 0 Å².